The Labute approximate surface area is 202 Å². The van der Waals surface area contributed by atoms with Crippen LogP contribution >= 0.6 is 0 Å². The molecule has 184 valence electrons. The number of hydrogen-bond donors (Lipinski definition) is 0. The Kier molecular flexibility index (Phi) is 7.63. The van der Waals surface area contributed by atoms with E-state index < -0.39 is 10.0 Å². The number of carbonyl (C=O) groups is 1. The van der Waals surface area contributed by atoms with Gasteiger partial charge in [0.2, 0.25) is 15.9 Å². The van der Waals surface area contributed by atoms with Crippen molar-refractivity contribution in [3.63, 3.8) is 0 Å². The highest BCUT2D eigenvalue weighted by Crippen LogP contribution is 2.29. The van der Waals surface area contributed by atoms with Crippen LogP contribution in [0, 0.1) is 0 Å². The third kappa shape index (κ3) is 5.15. The van der Waals surface area contributed by atoms with Crippen LogP contribution < -0.4 is 14.4 Å². The molecule has 2 aliphatic rings. The van der Waals surface area contributed by atoms with Gasteiger partial charge in [-0.05, 0) is 55.2 Å². The van der Waals surface area contributed by atoms with E-state index in [4.69, 9.17) is 9.47 Å². The fraction of sp³-hybridized carbons (Fsp3) is 0.480. The first-order valence-corrected chi connectivity index (χ1v) is 13.2. The van der Waals surface area contributed by atoms with Gasteiger partial charge in [-0.1, -0.05) is 12.1 Å². The zero-order chi connectivity index (χ0) is 24.1. The van der Waals surface area contributed by atoms with Gasteiger partial charge in [-0.2, -0.15) is 4.31 Å². The summed E-state index contributed by atoms with van der Waals surface area (Å²) in [7, 11) is -0.290. The summed E-state index contributed by atoms with van der Waals surface area (Å²) in [4.78, 5) is 17.3. The van der Waals surface area contributed by atoms with Crippen molar-refractivity contribution in [2.45, 2.75) is 30.6 Å². The standard InChI is InChI=1S/C25H33N3O5S/c1-32-23-11-10-21(34(30,31)28-13-5-6-14-28)19-20(23)9-12-25(29)27-17-15-26(16-18-27)22-7-3-4-8-24(22)33-2/h3-4,7-8,10-11,19H,5-6,9,12-18H2,1-2H3. The molecule has 0 aliphatic carbocycles. The van der Waals surface area contributed by atoms with Crippen molar-refractivity contribution in [1.29, 1.82) is 0 Å². The Morgan fingerprint density at radius 3 is 2.24 bits per heavy atom. The van der Waals surface area contributed by atoms with Crippen LogP contribution in [0.15, 0.2) is 47.4 Å². The van der Waals surface area contributed by atoms with Crippen LogP contribution in [0.25, 0.3) is 0 Å². The van der Waals surface area contributed by atoms with E-state index in [2.05, 4.69) is 4.90 Å². The fourth-order valence-electron chi connectivity index (χ4n) is 4.68. The molecule has 4 rings (SSSR count). The number of rotatable bonds is 8. The Morgan fingerprint density at radius 1 is 0.882 bits per heavy atom. The maximum Gasteiger partial charge on any atom is 0.243 e. The number of hydrogen-bond acceptors (Lipinski definition) is 6. The summed E-state index contributed by atoms with van der Waals surface area (Å²) < 4.78 is 38.4. The Hall–Kier alpha value is -2.78. The summed E-state index contributed by atoms with van der Waals surface area (Å²) >= 11 is 0. The van der Waals surface area contributed by atoms with E-state index in [1.54, 1.807) is 32.4 Å². The molecule has 2 fully saturated rings. The summed E-state index contributed by atoms with van der Waals surface area (Å²) in [5, 5.41) is 0. The van der Waals surface area contributed by atoms with Gasteiger partial charge < -0.3 is 19.3 Å². The van der Waals surface area contributed by atoms with Crippen LogP contribution in [-0.2, 0) is 21.2 Å². The van der Waals surface area contributed by atoms with Crippen LogP contribution in [0.4, 0.5) is 5.69 Å². The second kappa shape index (κ2) is 10.7. The molecule has 2 aromatic rings. The Balaban J connectivity index is 1.38. The van der Waals surface area contributed by atoms with Gasteiger partial charge in [-0.3, -0.25) is 4.79 Å². The summed E-state index contributed by atoms with van der Waals surface area (Å²) in [6.07, 6.45) is 2.51. The van der Waals surface area contributed by atoms with Crippen LogP contribution in [0.2, 0.25) is 0 Å². The maximum absolute atomic E-state index is 13.0. The normalized spacial score (nSPS) is 17.1. The Bertz CT molecular complexity index is 1110. The van der Waals surface area contributed by atoms with Gasteiger partial charge in [0.25, 0.3) is 0 Å². The van der Waals surface area contributed by atoms with Crippen molar-refractivity contribution in [2.24, 2.45) is 0 Å². The summed E-state index contributed by atoms with van der Waals surface area (Å²) in [5.41, 5.74) is 1.78. The number of ether oxygens (including phenoxy) is 2. The van der Waals surface area contributed by atoms with Crippen molar-refractivity contribution in [3.05, 3.63) is 48.0 Å². The van der Waals surface area contributed by atoms with E-state index in [0.29, 0.717) is 44.8 Å². The number of nitrogens with zero attached hydrogens (tertiary/aromatic N) is 3. The predicted molar refractivity (Wildman–Crippen MR) is 131 cm³/mol. The topological polar surface area (TPSA) is 79.4 Å². The Morgan fingerprint density at radius 2 is 1.56 bits per heavy atom. The van der Waals surface area contributed by atoms with E-state index >= 15 is 0 Å². The molecule has 0 bridgehead atoms. The number of methoxy groups -OCH3 is 2. The lowest BCUT2D eigenvalue weighted by Crippen LogP contribution is -2.48. The van der Waals surface area contributed by atoms with Gasteiger partial charge in [0.15, 0.2) is 0 Å². The molecule has 8 nitrogen and oxygen atoms in total. The molecule has 2 aromatic carbocycles. The first kappa shape index (κ1) is 24.3. The number of amides is 1. The number of piperazine rings is 1. The lowest BCUT2D eigenvalue weighted by molar-refractivity contribution is -0.131. The molecule has 0 radical (unpaired) electrons. The monoisotopic (exact) mass is 487 g/mol. The molecule has 9 heteroatoms. The van der Waals surface area contributed by atoms with Crippen molar-refractivity contribution < 1.29 is 22.7 Å². The fourth-order valence-corrected chi connectivity index (χ4v) is 6.24. The minimum absolute atomic E-state index is 0.0644. The minimum Gasteiger partial charge on any atom is -0.496 e. The highest BCUT2D eigenvalue weighted by Gasteiger charge is 2.28. The van der Waals surface area contributed by atoms with Crippen LogP contribution in [0.5, 0.6) is 11.5 Å². The molecule has 1 amide bonds. The minimum atomic E-state index is -3.52. The largest absolute Gasteiger partial charge is 0.496 e. The molecule has 2 heterocycles. The molecular formula is C25H33N3O5S. The van der Waals surface area contributed by atoms with E-state index in [-0.39, 0.29) is 10.8 Å². The molecule has 34 heavy (non-hydrogen) atoms. The first-order valence-electron chi connectivity index (χ1n) is 11.8. The van der Waals surface area contributed by atoms with E-state index in [9.17, 15) is 13.2 Å². The zero-order valence-corrected chi connectivity index (χ0v) is 20.7. The third-order valence-corrected chi connectivity index (χ3v) is 8.52. The summed E-state index contributed by atoms with van der Waals surface area (Å²) in [5.74, 6) is 1.50. The van der Waals surface area contributed by atoms with Gasteiger partial charge in [0, 0.05) is 45.7 Å². The lowest BCUT2D eigenvalue weighted by Gasteiger charge is -2.36. The van der Waals surface area contributed by atoms with Crippen molar-refractivity contribution in [2.75, 3.05) is 58.4 Å². The van der Waals surface area contributed by atoms with E-state index in [1.165, 1.54) is 4.31 Å². The number of aryl methyl sites for hydroxylation is 1. The summed E-state index contributed by atoms with van der Waals surface area (Å²) in [6.45, 7) is 3.86. The highest BCUT2D eigenvalue weighted by atomic mass is 32.2. The molecule has 0 atom stereocenters. The molecular weight excluding hydrogens is 454 g/mol. The number of benzene rings is 2. The number of carbonyl (C=O) groups excluding carboxylic acids is 1. The van der Waals surface area contributed by atoms with Gasteiger partial charge in [-0.25, -0.2) is 8.42 Å². The number of sulfonamides is 1. The maximum atomic E-state index is 13.0. The second-order valence-corrected chi connectivity index (χ2v) is 10.6. The number of para-hydroxylation sites is 2. The molecule has 2 aliphatic heterocycles. The van der Waals surface area contributed by atoms with E-state index in [1.807, 2.05) is 29.2 Å². The molecule has 0 aromatic heterocycles. The molecule has 0 spiro atoms. The third-order valence-electron chi connectivity index (χ3n) is 6.62. The van der Waals surface area contributed by atoms with E-state index in [0.717, 1.165) is 42.9 Å². The van der Waals surface area contributed by atoms with Gasteiger partial charge in [-0.15, -0.1) is 0 Å². The van der Waals surface area contributed by atoms with Gasteiger partial charge >= 0.3 is 0 Å². The molecule has 0 saturated carbocycles. The average Bonchev–Trinajstić information content (AvgIpc) is 3.43. The van der Waals surface area contributed by atoms with Crippen LogP contribution in [0.3, 0.4) is 0 Å². The lowest BCUT2D eigenvalue weighted by atomic mass is 10.1. The summed E-state index contributed by atoms with van der Waals surface area (Å²) in [6, 6.07) is 12.9. The van der Waals surface area contributed by atoms with Crippen LogP contribution in [-0.4, -0.2) is 77.0 Å². The smallest absolute Gasteiger partial charge is 0.243 e. The van der Waals surface area contributed by atoms with Crippen molar-refractivity contribution in [3.8, 4) is 11.5 Å². The number of anilines is 1. The molecule has 0 unspecified atom stereocenters. The van der Waals surface area contributed by atoms with Gasteiger partial charge in [0.05, 0.1) is 24.8 Å². The first-order chi connectivity index (χ1) is 16.4. The van der Waals surface area contributed by atoms with Crippen LogP contribution in [0.1, 0.15) is 24.8 Å². The predicted octanol–water partition coefficient (Wildman–Crippen LogP) is 2.77. The molecule has 0 N–H and O–H groups in total. The second-order valence-electron chi connectivity index (χ2n) is 8.62. The average molecular weight is 488 g/mol. The SMILES string of the molecule is COc1ccc(S(=O)(=O)N2CCCC2)cc1CCC(=O)N1CCN(c2ccccc2OC)CC1. The highest BCUT2D eigenvalue weighted by molar-refractivity contribution is 7.89. The quantitative estimate of drug-likeness (QED) is 0.570. The molecule has 2 saturated heterocycles. The van der Waals surface area contributed by atoms with Crippen molar-refractivity contribution in [1.82, 2.24) is 9.21 Å². The zero-order valence-electron chi connectivity index (χ0n) is 19.9. The van der Waals surface area contributed by atoms with Crippen molar-refractivity contribution >= 4 is 21.6 Å². The van der Waals surface area contributed by atoms with Gasteiger partial charge in [0.1, 0.15) is 11.5 Å².